The fourth-order valence-electron chi connectivity index (χ4n) is 1.94. The van der Waals surface area contributed by atoms with Gasteiger partial charge in [0, 0.05) is 0 Å². The second-order valence-corrected chi connectivity index (χ2v) is 4.59. The molecule has 106 valence electrons. The van der Waals surface area contributed by atoms with E-state index in [2.05, 4.69) is 5.32 Å². The molecule has 2 rings (SSSR count). The third-order valence-electron chi connectivity index (χ3n) is 2.97. The van der Waals surface area contributed by atoms with Gasteiger partial charge in [0.05, 0.1) is 13.0 Å². The van der Waals surface area contributed by atoms with Crippen LogP contribution < -0.4 is 10.1 Å². The van der Waals surface area contributed by atoms with Crippen molar-refractivity contribution in [2.24, 2.45) is 0 Å². The lowest BCUT2D eigenvalue weighted by molar-refractivity contribution is -0.145. The predicted octanol–water partition coefficient (Wildman–Crippen LogP) is 0.249. The molecule has 0 bridgehead atoms. The zero-order valence-corrected chi connectivity index (χ0v) is 11.2. The van der Waals surface area contributed by atoms with Crippen LogP contribution >= 0.6 is 0 Å². The number of imide groups is 1. The highest BCUT2D eigenvalue weighted by Crippen LogP contribution is 2.16. The van der Waals surface area contributed by atoms with Crippen LogP contribution in [0.1, 0.15) is 12.0 Å². The van der Waals surface area contributed by atoms with Crippen LogP contribution in [-0.2, 0) is 14.4 Å². The Hall–Kier alpha value is -2.37. The van der Waals surface area contributed by atoms with Gasteiger partial charge in [-0.25, -0.2) is 0 Å². The van der Waals surface area contributed by atoms with E-state index in [1.54, 1.807) is 0 Å². The van der Waals surface area contributed by atoms with Crippen LogP contribution in [0.5, 0.6) is 5.75 Å². The quantitative estimate of drug-likeness (QED) is 0.800. The van der Waals surface area contributed by atoms with Crippen molar-refractivity contribution in [3.8, 4) is 5.75 Å². The Kier molecular flexibility index (Phi) is 4.34. The summed E-state index contributed by atoms with van der Waals surface area (Å²) in [5.41, 5.74) is 0.993. The lowest BCUT2D eigenvalue weighted by Gasteiger charge is -2.25. The number of amides is 3. The van der Waals surface area contributed by atoms with E-state index in [1.807, 2.05) is 31.2 Å². The van der Waals surface area contributed by atoms with Gasteiger partial charge in [-0.15, -0.1) is 0 Å². The molecule has 1 aliphatic heterocycles. The molecule has 0 atom stereocenters. The summed E-state index contributed by atoms with van der Waals surface area (Å²) in [6.45, 7) is 1.99. The maximum atomic E-state index is 11.9. The Morgan fingerprint density at radius 1 is 1.25 bits per heavy atom. The first-order valence-electron chi connectivity index (χ1n) is 6.35. The van der Waals surface area contributed by atoms with Crippen molar-refractivity contribution in [1.29, 1.82) is 0 Å². The first-order chi connectivity index (χ1) is 9.56. The second-order valence-electron chi connectivity index (χ2n) is 4.59. The Bertz CT molecular complexity index is 526. The van der Waals surface area contributed by atoms with Crippen molar-refractivity contribution in [1.82, 2.24) is 10.2 Å². The molecule has 1 saturated heterocycles. The van der Waals surface area contributed by atoms with Gasteiger partial charge in [-0.3, -0.25) is 19.7 Å². The van der Waals surface area contributed by atoms with Gasteiger partial charge in [-0.05, 0) is 18.6 Å². The number of piperazine rings is 1. The SMILES string of the molecule is Cc1ccccc1OCCC(=O)N1CC(=O)NC(=O)C1. The van der Waals surface area contributed by atoms with Gasteiger partial charge >= 0.3 is 0 Å². The molecule has 1 aliphatic rings. The Balaban J connectivity index is 1.82. The highest BCUT2D eigenvalue weighted by molar-refractivity contribution is 6.02. The molecule has 3 amide bonds. The van der Waals surface area contributed by atoms with Crippen molar-refractivity contribution in [3.63, 3.8) is 0 Å². The predicted molar refractivity (Wildman–Crippen MR) is 71.0 cm³/mol. The summed E-state index contributed by atoms with van der Waals surface area (Å²) in [5.74, 6) is -0.432. The molecule has 1 aromatic rings. The first-order valence-corrected chi connectivity index (χ1v) is 6.35. The van der Waals surface area contributed by atoms with E-state index >= 15 is 0 Å². The maximum Gasteiger partial charge on any atom is 0.246 e. The van der Waals surface area contributed by atoms with Crippen LogP contribution in [0.4, 0.5) is 0 Å². The van der Waals surface area contributed by atoms with Crippen LogP contribution in [0.15, 0.2) is 24.3 Å². The molecular formula is C14H16N2O4. The minimum atomic E-state index is -0.450. The number of nitrogens with zero attached hydrogens (tertiary/aromatic N) is 1. The number of benzene rings is 1. The number of hydrogen-bond donors (Lipinski definition) is 1. The smallest absolute Gasteiger partial charge is 0.246 e. The van der Waals surface area contributed by atoms with Crippen LogP contribution in [0.25, 0.3) is 0 Å². The molecule has 20 heavy (non-hydrogen) atoms. The normalized spacial score (nSPS) is 14.9. The molecule has 6 heteroatoms. The molecule has 0 aliphatic carbocycles. The zero-order valence-electron chi connectivity index (χ0n) is 11.2. The monoisotopic (exact) mass is 276 g/mol. The summed E-state index contributed by atoms with van der Waals surface area (Å²) in [7, 11) is 0. The maximum absolute atomic E-state index is 11.9. The summed E-state index contributed by atoms with van der Waals surface area (Å²) in [6, 6.07) is 7.52. The van der Waals surface area contributed by atoms with Crippen LogP contribution in [0.2, 0.25) is 0 Å². The number of nitrogens with one attached hydrogen (secondary N) is 1. The molecule has 0 saturated carbocycles. The van der Waals surface area contributed by atoms with Crippen molar-refractivity contribution >= 4 is 17.7 Å². The third-order valence-corrected chi connectivity index (χ3v) is 2.97. The summed E-state index contributed by atoms with van der Waals surface area (Å²) in [4.78, 5) is 35.5. The molecule has 0 spiro atoms. The minimum absolute atomic E-state index is 0.0745. The number of hydrogen-bond acceptors (Lipinski definition) is 4. The Morgan fingerprint density at radius 2 is 1.90 bits per heavy atom. The van der Waals surface area contributed by atoms with Crippen molar-refractivity contribution in [2.75, 3.05) is 19.7 Å². The first kappa shape index (κ1) is 14.0. The summed E-state index contributed by atoms with van der Waals surface area (Å²) < 4.78 is 5.52. The van der Waals surface area contributed by atoms with Gasteiger partial charge in [0.15, 0.2) is 0 Å². The third kappa shape index (κ3) is 3.57. The molecule has 0 radical (unpaired) electrons. The summed E-state index contributed by atoms with van der Waals surface area (Å²) in [5, 5.41) is 2.15. The summed E-state index contributed by atoms with van der Waals surface area (Å²) in [6.07, 6.45) is 0.134. The molecule has 0 unspecified atom stereocenters. The van der Waals surface area contributed by atoms with E-state index in [-0.39, 0.29) is 32.0 Å². The topological polar surface area (TPSA) is 75.7 Å². The highest BCUT2D eigenvalue weighted by atomic mass is 16.5. The number of para-hydroxylation sites is 1. The lowest BCUT2D eigenvalue weighted by Crippen LogP contribution is -2.53. The standard InChI is InChI=1S/C14H16N2O4/c1-10-4-2-3-5-11(10)20-7-6-14(19)16-8-12(17)15-13(18)9-16/h2-5H,6-9H2,1H3,(H,15,17,18). The Morgan fingerprint density at radius 3 is 2.55 bits per heavy atom. The number of rotatable bonds is 4. The molecular weight excluding hydrogens is 260 g/mol. The average molecular weight is 276 g/mol. The van der Waals surface area contributed by atoms with Gasteiger partial charge in [0.1, 0.15) is 18.8 Å². The average Bonchev–Trinajstić information content (AvgIpc) is 2.39. The highest BCUT2D eigenvalue weighted by Gasteiger charge is 2.25. The molecule has 1 fully saturated rings. The molecule has 1 N–H and O–H groups in total. The van der Waals surface area contributed by atoms with E-state index in [9.17, 15) is 14.4 Å². The van der Waals surface area contributed by atoms with Gasteiger partial charge in [-0.2, -0.15) is 0 Å². The Labute approximate surface area is 116 Å². The summed E-state index contributed by atoms with van der Waals surface area (Å²) >= 11 is 0. The molecule has 6 nitrogen and oxygen atoms in total. The number of ether oxygens (including phenoxy) is 1. The molecule has 1 aromatic carbocycles. The largest absolute Gasteiger partial charge is 0.493 e. The van der Waals surface area contributed by atoms with E-state index in [0.717, 1.165) is 11.3 Å². The van der Waals surface area contributed by atoms with E-state index in [4.69, 9.17) is 4.74 Å². The minimum Gasteiger partial charge on any atom is -0.493 e. The lowest BCUT2D eigenvalue weighted by atomic mass is 10.2. The number of aryl methyl sites for hydroxylation is 1. The fraction of sp³-hybridized carbons (Fsp3) is 0.357. The van der Waals surface area contributed by atoms with Gasteiger partial charge in [0.2, 0.25) is 17.7 Å². The van der Waals surface area contributed by atoms with E-state index in [1.165, 1.54) is 4.90 Å². The van der Waals surface area contributed by atoms with E-state index in [0.29, 0.717) is 0 Å². The van der Waals surface area contributed by atoms with E-state index < -0.39 is 11.8 Å². The molecule has 0 aromatic heterocycles. The number of carbonyl (C=O) groups excluding carboxylic acids is 3. The van der Waals surface area contributed by atoms with Crippen LogP contribution in [0, 0.1) is 6.92 Å². The van der Waals surface area contributed by atoms with Gasteiger partial charge in [-0.1, -0.05) is 18.2 Å². The fourth-order valence-corrected chi connectivity index (χ4v) is 1.94. The number of carbonyl (C=O) groups is 3. The van der Waals surface area contributed by atoms with Crippen molar-refractivity contribution < 1.29 is 19.1 Å². The molecule has 1 heterocycles. The second kappa shape index (κ2) is 6.18. The van der Waals surface area contributed by atoms with Crippen molar-refractivity contribution in [2.45, 2.75) is 13.3 Å². The van der Waals surface area contributed by atoms with Crippen LogP contribution in [-0.4, -0.2) is 42.3 Å². The van der Waals surface area contributed by atoms with Gasteiger partial charge in [0.25, 0.3) is 0 Å². The van der Waals surface area contributed by atoms with Crippen LogP contribution in [0.3, 0.4) is 0 Å². The van der Waals surface area contributed by atoms with Crippen molar-refractivity contribution in [3.05, 3.63) is 29.8 Å². The van der Waals surface area contributed by atoms with Gasteiger partial charge < -0.3 is 9.64 Å². The zero-order chi connectivity index (χ0) is 14.5.